The molecule has 0 atom stereocenters. The van der Waals surface area contributed by atoms with E-state index in [1.165, 1.54) is 16.3 Å². The minimum atomic E-state index is -0.384. The van der Waals surface area contributed by atoms with Crippen LogP contribution in [0.5, 0.6) is 0 Å². The second kappa shape index (κ2) is 6.84. The molecule has 0 aliphatic carbocycles. The lowest BCUT2D eigenvalue weighted by Crippen LogP contribution is -2.23. The molecule has 6 nitrogen and oxygen atoms in total. The summed E-state index contributed by atoms with van der Waals surface area (Å²) in [5, 5.41) is 1.02. The van der Waals surface area contributed by atoms with Crippen molar-refractivity contribution in [2.75, 3.05) is 5.75 Å². The van der Waals surface area contributed by atoms with Crippen molar-refractivity contribution in [3.05, 3.63) is 58.5 Å². The van der Waals surface area contributed by atoms with E-state index in [1.807, 2.05) is 19.1 Å². The van der Waals surface area contributed by atoms with Crippen molar-refractivity contribution in [1.82, 2.24) is 14.5 Å². The number of carbonyl (C=O) groups is 1. The van der Waals surface area contributed by atoms with E-state index in [2.05, 4.69) is 9.97 Å². The molecule has 0 aliphatic rings. The van der Waals surface area contributed by atoms with Crippen molar-refractivity contribution in [1.29, 1.82) is 0 Å². The van der Waals surface area contributed by atoms with E-state index in [0.29, 0.717) is 27.6 Å². The van der Waals surface area contributed by atoms with Crippen LogP contribution in [-0.4, -0.2) is 26.2 Å². The Bertz CT molecular complexity index is 951. The average Bonchev–Trinajstić information content (AvgIpc) is 2.56. The number of para-hydroxylation sites is 1. The summed E-state index contributed by atoms with van der Waals surface area (Å²) in [7, 11) is 0. The van der Waals surface area contributed by atoms with Crippen LogP contribution in [0.15, 0.2) is 52.5 Å². The lowest BCUT2D eigenvalue weighted by molar-refractivity contribution is -0.117. The first-order valence-electron chi connectivity index (χ1n) is 7.42. The largest absolute Gasteiger partial charge is 0.370 e. The predicted octanol–water partition coefficient (Wildman–Crippen LogP) is 2.06. The van der Waals surface area contributed by atoms with Crippen LogP contribution in [0.3, 0.4) is 0 Å². The van der Waals surface area contributed by atoms with Crippen molar-refractivity contribution in [2.24, 2.45) is 5.73 Å². The first-order valence-corrected chi connectivity index (χ1v) is 8.41. The molecule has 3 aromatic rings. The third-order valence-electron chi connectivity index (χ3n) is 3.45. The minimum Gasteiger partial charge on any atom is -0.370 e. The van der Waals surface area contributed by atoms with Gasteiger partial charge in [-0.25, -0.2) is 14.5 Å². The molecule has 0 fully saturated rings. The number of benzene rings is 1. The maximum absolute atomic E-state index is 12.9. The molecule has 0 radical (unpaired) electrons. The van der Waals surface area contributed by atoms with Gasteiger partial charge in [0.25, 0.3) is 5.56 Å². The highest BCUT2D eigenvalue weighted by Crippen LogP contribution is 2.21. The number of hydrogen-bond donors (Lipinski definition) is 1. The van der Waals surface area contributed by atoms with Crippen LogP contribution >= 0.6 is 11.8 Å². The molecule has 7 heteroatoms. The Morgan fingerprint density at radius 1 is 1.25 bits per heavy atom. The molecule has 24 heavy (non-hydrogen) atoms. The van der Waals surface area contributed by atoms with Crippen LogP contribution < -0.4 is 11.3 Å². The van der Waals surface area contributed by atoms with Crippen molar-refractivity contribution in [3.8, 4) is 5.82 Å². The third-order valence-corrected chi connectivity index (χ3v) is 4.39. The van der Waals surface area contributed by atoms with E-state index in [-0.39, 0.29) is 17.9 Å². The van der Waals surface area contributed by atoms with Gasteiger partial charge in [-0.05, 0) is 30.7 Å². The van der Waals surface area contributed by atoms with Crippen molar-refractivity contribution < 1.29 is 4.79 Å². The molecule has 1 amide bonds. The number of carbonyl (C=O) groups excluding carboxylic acids is 1. The highest BCUT2D eigenvalue weighted by atomic mass is 32.2. The second-order valence-electron chi connectivity index (χ2n) is 5.31. The zero-order valence-corrected chi connectivity index (χ0v) is 13.9. The zero-order chi connectivity index (χ0) is 17.1. The Kier molecular flexibility index (Phi) is 4.61. The van der Waals surface area contributed by atoms with Gasteiger partial charge >= 0.3 is 0 Å². The maximum atomic E-state index is 12.9. The van der Waals surface area contributed by atoms with Gasteiger partial charge in [0.2, 0.25) is 5.91 Å². The van der Waals surface area contributed by atoms with Gasteiger partial charge in [0, 0.05) is 18.4 Å². The third kappa shape index (κ3) is 3.30. The quantitative estimate of drug-likeness (QED) is 0.567. The second-order valence-corrected chi connectivity index (χ2v) is 6.37. The van der Waals surface area contributed by atoms with Gasteiger partial charge in [0.05, 0.1) is 10.9 Å². The molecule has 0 aliphatic heterocycles. The smallest absolute Gasteiger partial charge is 0.267 e. The minimum absolute atomic E-state index is 0.182. The standard InChI is InChI=1S/C17H16N4O2S/c1-11-6-7-15(19-10-11)21-16(23)12-4-2-3-5-13(12)20-17(21)24-9-8-14(18)22/h2-7,10H,8-9H2,1H3,(H2,18,22). The highest BCUT2D eigenvalue weighted by Gasteiger charge is 2.14. The van der Waals surface area contributed by atoms with E-state index in [4.69, 9.17) is 5.73 Å². The van der Waals surface area contributed by atoms with Crippen LogP contribution in [0.2, 0.25) is 0 Å². The fourth-order valence-electron chi connectivity index (χ4n) is 2.25. The molecule has 0 spiro atoms. The summed E-state index contributed by atoms with van der Waals surface area (Å²) < 4.78 is 1.48. The number of aromatic nitrogens is 3. The molecule has 0 saturated heterocycles. The number of hydrogen-bond acceptors (Lipinski definition) is 5. The van der Waals surface area contributed by atoms with Crippen molar-refractivity contribution >= 4 is 28.6 Å². The Morgan fingerprint density at radius 2 is 2.04 bits per heavy atom. The number of aryl methyl sites for hydroxylation is 1. The summed E-state index contributed by atoms with van der Waals surface area (Å²) in [4.78, 5) is 32.8. The fraction of sp³-hybridized carbons (Fsp3) is 0.176. The zero-order valence-electron chi connectivity index (χ0n) is 13.1. The number of amides is 1. The topological polar surface area (TPSA) is 90.9 Å². The van der Waals surface area contributed by atoms with Crippen LogP contribution in [0.4, 0.5) is 0 Å². The molecule has 0 bridgehead atoms. The Morgan fingerprint density at radius 3 is 2.75 bits per heavy atom. The summed E-state index contributed by atoms with van der Waals surface area (Å²) >= 11 is 1.31. The van der Waals surface area contributed by atoms with Crippen LogP contribution in [0, 0.1) is 6.92 Å². The summed E-state index contributed by atoms with van der Waals surface area (Å²) in [6.45, 7) is 1.93. The number of primary amides is 1. The summed E-state index contributed by atoms with van der Waals surface area (Å²) in [6, 6.07) is 10.8. The van der Waals surface area contributed by atoms with E-state index in [9.17, 15) is 9.59 Å². The Hall–Kier alpha value is -2.67. The molecule has 0 saturated carbocycles. The van der Waals surface area contributed by atoms with E-state index in [1.54, 1.807) is 30.5 Å². The Labute approximate surface area is 142 Å². The van der Waals surface area contributed by atoms with Crippen LogP contribution in [0.25, 0.3) is 16.7 Å². The maximum Gasteiger partial charge on any atom is 0.267 e. The fourth-order valence-corrected chi connectivity index (χ4v) is 3.20. The number of rotatable bonds is 5. The van der Waals surface area contributed by atoms with Gasteiger partial charge < -0.3 is 5.73 Å². The molecule has 2 aromatic heterocycles. The monoisotopic (exact) mass is 340 g/mol. The molecule has 2 heterocycles. The van der Waals surface area contributed by atoms with Crippen LogP contribution in [-0.2, 0) is 4.79 Å². The number of nitrogens with zero attached hydrogens (tertiary/aromatic N) is 3. The number of nitrogens with two attached hydrogens (primary N) is 1. The van der Waals surface area contributed by atoms with E-state index >= 15 is 0 Å². The lowest BCUT2D eigenvalue weighted by atomic mass is 10.2. The number of fused-ring (bicyclic) bond motifs is 1. The Balaban J connectivity index is 2.15. The van der Waals surface area contributed by atoms with Crippen LogP contribution in [0.1, 0.15) is 12.0 Å². The normalized spacial score (nSPS) is 10.9. The summed E-state index contributed by atoms with van der Waals surface area (Å²) in [5.41, 5.74) is 6.63. The van der Waals surface area contributed by atoms with E-state index in [0.717, 1.165) is 5.56 Å². The predicted molar refractivity (Wildman–Crippen MR) is 94.4 cm³/mol. The van der Waals surface area contributed by atoms with Gasteiger partial charge in [-0.1, -0.05) is 30.0 Å². The molecular formula is C17H16N4O2S. The molecule has 2 N–H and O–H groups in total. The molecule has 3 rings (SSSR count). The SMILES string of the molecule is Cc1ccc(-n2c(SCCC(N)=O)nc3ccccc3c2=O)nc1. The average molecular weight is 340 g/mol. The number of thioether (sulfide) groups is 1. The van der Waals surface area contributed by atoms with Gasteiger partial charge in [-0.15, -0.1) is 0 Å². The molecular weight excluding hydrogens is 324 g/mol. The van der Waals surface area contributed by atoms with Crippen molar-refractivity contribution in [3.63, 3.8) is 0 Å². The lowest BCUT2D eigenvalue weighted by Gasteiger charge is -2.12. The molecule has 122 valence electrons. The van der Waals surface area contributed by atoms with Crippen molar-refractivity contribution in [2.45, 2.75) is 18.5 Å². The van der Waals surface area contributed by atoms with Gasteiger partial charge in [-0.3, -0.25) is 9.59 Å². The van der Waals surface area contributed by atoms with Gasteiger partial charge in [-0.2, -0.15) is 0 Å². The number of pyridine rings is 1. The summed E-state index contributed by atoms with van der Waals surface area (Å²) in [5.74, 6) is 0.572. The summed E-state index contributed by atoms with van der Waals surface area (Å²) in [6.07, 6.45) is 1.92. The first kappa shape index (κ1) is 16.2. The first-order chi connectivity index (χ1) is 11.6. The molecule has 1 aromatic carbocycles. The van der Waals surface area contributed by atoms with Gasteiger partial charge in [0.1, 0.15) is 5.82 Å². The van der Waals surface area contributed by atoms with Gasteiger partial charge in [0.15, 0.2) is 5.16 Å². The van der Waals surface area contributed by atoms with E-state index < -0.39 is 0 Å². The highest BCUT2D eigenvalue weighted by molar-refractivity contribution is 7.99. The molecule has 0 unspecified atom stereocenters.